The lowest BCUT2D eigenvalue weighted by atomic mass is 9.75. The van der Waals surface area contributed by atoms with Crippen LogP contribution in [0, 0.1) is 17.8 Å². The highest BCUT2D eigenvalue weighted by molar-refractivity contribution is 5.70. The van der Waals surface area contributed by atoms with Crippen LogP contribution in [0.2, 0.25) is 0 Å². The Morgan fingerprint density at radius 1 is 1.28 bits per heavy atom. The van der Waals surface area contributed by atoms with Gasteiger partial charge >= 0.3 is 5.97 Å². The fourth-order valence-electron chi connectivity index (χ4n) is 3.88. The SMILES string of the molecule is CC1CCC(C(C)C)C(OC(=O)CC(NCCN)c2ccccc2)C1. The molecule has 4 unspecified atom stereocenters. The summed E-state index contributed by atoms with van der Waals surface area (Å²) in [5.74, 6) is 1.55. The predicted octanol–water partition coefficient (Wildman–Crippen LogP) is 3.67. The molecule has 0 amide bonds. The van der Waals surface area contributed by atoms with Crippen molar-refractivity contribution >= 4 is 5.97 Å². The van der Waals surface area contributed by atoms with E-state index < -0.39 is 0 Å². The summed E-state index contributed by atoms with van der Waals surface area (Å²) in [6, 6.07) is 10.0. The third kappa shape index (κ3) is 6.12. The number of nitrogens with one attached hydrogen (secondary N) is 1. The first-order chi connectivity index (χ1) is 12.0. The molecule has 140 valence electrons. The van der Waals surface area contributed by atoms with Crippen molar-refractivity contribution in [1.29, 1.82) is 0 Å². The van der Waals surface area contributed by atoms with Crippen LogP contribution in [0.15, 0.2) is 30.3 Å². The van der Waals surface area contributed by atoms with E-state index in [2.05, 4.69) is 26.1 Å². The Morgan fingerprint density at radius 2 is 2.00 bits per heavy atom. The van der Waals surface area contributed by atoms with Gasteiger partial charge in [0.15, 0.2) is 0 Å². The monoisotopic (exact) mass is 346 g/mol. The van der Waals surface area contributed by atoms with Gasteiger partial charge in [0, 0.05) is 19.1 Å². The molecule has 4 heteroatoms. The maximum absolute atomic E-state index is 12.6. The number of nitrogens with two attached hydrogens (primary N) is 1. The third-order valence-electron chi connectivity index (χ3n) is 5.35. The highest BCUT2D eigenvalue weighted by Gasteiger charge is 2.33. The van der Waals surface area contributed by atoms with Gasteiger partial charge in [-0.1, -0.05) is 57.5 Å². The average Bonchev–Trinajstić information content (AvgIpc) is 2.59. The fourth-order valence-corrected chi connectivity index (χ4v) is 3.88. The Balaban J connectivity index is 1.99. The van der Waals surface area contributed by atoms with E-state index in [1.165, 1.54) is 6.42 Å². The summed E-state index contributed by atoms with van der Waals surface area (Å²) in [6.07, 6.45) is 3.79. The summed E-state index contributed by atoms with van der Waals surface area (Å²) in [5.41, 5.74) is 6.73. The minimum Gasteiger partial charge on any atom is -0.462 e. The molecule has 1 fully saturated rings. The first-order valence-electron chi connectivity index (χ1n) is 9.69. The van der Waals surface area contributed by atoms with Gasteiger partial charge < -0.3 is 15.8 Å². The fraction of sp³-hybridized carbons (Fsp3) is 0.667. The van der Waals surface area contributed by atoms with E-state index in [4.69, 9.17) is 10.5 Å². The molecular formula is C21H34N2O2. The van der Waals surface area contributed by atoms with E-state index in [9.17, 15) is 4.79 Å². The van der Waals surface area contributed by atoms with E-state index in [0.29, 0.717) is 37.3 Å². The van der Waals surface area contributed by atoms with Gasteiger partial charge in [0.1, 0.15) is 6.10 Å². The Hall–Kier alpha value is -1.39. The number of benzene rings is 1. The van der Waals surface area contributed by atoms with Crippen LogP contribution in [-0.4, -0.2) is 25.2 Å². The molecule has 25 heavy (non-hydrogen) atoms. The zero-order valence-corrected chi connectivity index (χ0v) is 15.9. The van der Waals surface area contributed by atoms with Crippen molar-refractivity contribution in [3.63, 3.8) is 0 Å². The molecule has 0 radical (unpaired) electrons. The quantitative estimate of drug-likeness (QED) is 0.705. The Bertz CT molecular complexity index is 518. The molecule has 0 aliphatic heterocycles. The van der Waals surface area contributed by atoms with E-state index in [1.54, 1.807) is 0 Å². The molecular weight excluding hydrogens is 312 g/mol. The van der Waals surface area contributed by atoms with Crippen molar-refractivity contribution in [1.82, 2.24) is 5.32 Å². The summed E-state index contributed by atoms with van der Waals surface area (Å²) in [7, 11) is 0. The molecule has 4 atom stereocenters. The van der Waals surface area contributed by atoms with E-state index in [0.717, 1.165) is 18.4 Å². The number of carbonyl (C=O) groups is 1. The number of ether oxygens (including phenoxy) is 1. The van der Waals surface area contributed by atoms with Crippen LogP contribution in [0.5, 0.6) is 0 Å². The Labute approximate surface area is 152 Å². The van der Waals surface area contributed by atoms with Crippen molar-refractivity contribution in [2.45, 2.75) is 58.6 Å². The molecule has 0 spiro atoms. The van der Waals surface area contributed by atoms with Crippen LogP contribution in [0.4, 0.5) is 0 Å². The molecule has 0 saturated heterocycles. The van der Waals surface area contributed by atoms with Crippen LogP contribution in [0.3, 0.4) is 0 Å². The van der Waals surface area contributed by atoms with E-state index in [1.807, 2.05) is 30.3 Å². The van der Waals surface area contributed by atoms with Crippen LogP contribution >= 0.6 is 0 Å². The summed E-state index contributed by atoms with van der Waals surface area (Å²) < 4.78 is 5.96. The maximum atomic E-state index is 12.6. The second kappa shape index (κ2) is 9.93. The van der Waals surface area contributed by atoms with Crippen LogP contribution < -0.4 is 11.1 Å². The molecule has 1 aliphatic rings. The van der Waals surface area contributed by atoms with Crippen molar-refractivity contribution < 1.29 is 9.53 Å². The minimum absolute atomic E-state index is 0.0456. The molecule has 1 aliphatic carbocycles. The summed E-state index contributed by atoms with van der Waals surface area (Å²) in [4.78, 5) is 12.6. The van der Waals surface area contributed by atoms with Gasteiger partial charge in [-0.2, -0.15) is 0 Å². The van der Waals surface area contributed by atoms with Crippen molar-refractivity contribution in [2.24, 2.45) is 23.5 Å². The van der Waals surface area contributed by atoms with Gasteiger partial charge in [-0.05, 0) is 36.2 Å². The zero-order chi connectivity index (χ0) is 18.2. The van der Waals surface area contributed by atoms with Crippen molar-refractivity contribution in [2.75, 3.05) is 13.1 Å². The molecule has 1 aromatic rings. The molecule has 4 nitrogen and oxygen atoms in total. The smallest absolute Gasteiger partial charge is 0.308 e. The van der Waals surface area contributed by atoms with E-state index >= 15 is 0 Å². The van der Waals surface area contributed by atoms with Crippen molar-refractivity contribution in [3.8, 4) is 0 Å². The number of rotatable bonds is 8. The minimum atomic E-state index is -0.108. The van der Waals surface area contributed by atoms with E-state index in [-0.39, 0.29) is 18.1 Å². The number of hydrogen-bond donors (Lipinski definition) is 2. The summed E-state index contributed by atoms with van der Waals surface area (Å²) in [6.45, 7) is 7.96. The second-order valence-corrected chi connectivity index (χ2v) is 7.76. The highest BCUT2D eigenvalue weighted by atomic mass is 16.5. The molecule has 3 N–H and O–H groups in total. The summed E-state index contributed by atoms with van der Waals surface area (Å²) >= 11 is 0. The lowest BCUT2D eigenvalue weighted by Crippen LogP contribution is -2.37. The lowest BCUT2D eigenvalue weighted by molar-refractivity contribution is -0.156. The average molecular weight is 347 g/mol. The normalized spacial score (nSPS) is 24.9. The first kappa shape index (κ1) is 19.9. The second-order valence-electron chi connectivity index (χ2n) is 7.76. The van der Waals surface area contributed by atoms with Crippen molar-refractivity contribution in [3.05, 3.63) is 35.9 Å². The molecule has 2 rings (SSSR count). The zero-order valence-electron chi connectivity index (χ0n) is 15.9. The Morgan fingerprint density at radius 3 is 2.64 bits per heavy atom. The van der Waals surface area contributed by atoms with Crippen LogP contribution in [0.25, 0.3) is 0 Å². The van der Waals surface area contributed by atoms with Crippen LogP contribution in [0.1, 0.15) is 58.1 Å². The summed E-state index contributed by atoms with van der Waals surface area (Å²) in [5, 5.41) is 3.37. The van der Waals surface area contributed by atoms with Gasteiger partial charge in [-0.15, -0.1) is 0 Å². The van der Waals surface area contributed by atoms with Gasteiger partial charge in [-0.3, -0.25) is 4.79 Å². The predicted molar refractivity (Wildman–Crippen MR) is 102 cm³/mol. The van der Waals surface area contributed by atoms with Gasteiger partial charge in [0.25, 0.3) is 0 Å². The van der Waals surface area contributed by atoms with Gasteiger partial charge in [-0.25, -0.2) is 0 Å². The standard InChI is InChI=1S/C21H34N2O2/c1-15(2)18-10-9-16(3)13-20(18)25-21(24)14-19(23-12-11-22)17-7-5-4-6-8-17/h4-8,15-16,18-20,23H,9-14,22H2,1-3H3. The lowest BCUT2D eigenvalue weighted by Gasteiger charge is -2.37. The van der Waals surface area contributed by atoms with Gasteiger partial charge in [0.2, 0.25) is 0 Å². The van der Waals surface area contributed by atoms with Crippen LogP contribution in [-0.2, 0) is 9.53 Å². The molecule has 0 bridgehead atoms. The first-order valence-corrected chi connectivity index (χ1v) is 9.69. The topological polar surface area (TPSA) is 64.3 Å². The molecule has 0 aromatic heterocycles. The largest absolute Gasteiger partial charge is 0.462 e. The maximum Gasteiger partial charge on any atom is 0.308 e. The molecule has 1 saturated carbocycles. The van der Waals surface area contributed by atoms with Gasteiger partial charge in [0.05, 0.1) is 6.42 Å². The molecule has 1 aromatic carbocycles. The molecule has 0 heterocycles. The number of carbonyl (C=O) groups excluding carboxylic acids is 1. The number of esters is 1. The highest BCUT2D eigenvalue weighted by Crippen LogP contribution is 2.35. The Kier molecular flexibility index (Phi) is 7.91. The third-order valence-corrected chi connectivity index (χ3v) is 5.35. The number of hydrogen-bond acceptors (Lipinski definition) is 4.